The van der Waals surface area contributed by atoms with E-state index in [1.54, 1.807) is 18.7 Å². The number of aromatic nitrogens is 4. The maximum atomic E-state index is 10.9. The molecule has 7 nitrogen and oxygen atoms in total. The van der Waals surface area contributed by atoms with Crippen LogP contribution in [0.25, 0.3) is 0 Å². The summed E-state index contributed by atoms with van der Waals surface area (Å²) in [6.45, 7) is 2.96. The van der Waals surface area contributed by atoms with Gasteiger partial charge in [-0.25, -0.2) is 4.68 Å². The molecule has 0 saturated carbocycles. The van der Waals surface area contributed by atoms with Gasteiger partial charge in [0.2, 0.25) is 0 Å². The molecule has 0 amide bonds. The lowest BCUT2D eigenvalue weighted by Crippen LogP contribution is -2.43. The molecule has 1 aliphatic rings. The summed E-state index contributed by atoms with van der Waals surface area (Å²) >= 11 is 0. The van der Waals surface area contributed by atoms with Crippen LogP contribution in [-0.2, 0) is 11.8 Å². The minimum Gasteiger partial charge on any atom is -0.480 e. The summed E-state index contributed by atoms with van der Waals surface area (Å²) in [5.41, 5.74) is 0. The minimum absolute atomic E-state index is 0.0468. The van der Waals surface area contributed by atoms with Crippen LogP contribution < -0.4 is 0 Å². The van der Waals surface area contributed by atoms with Gasteiger partial charge in [-0.3, -0.25) is 9.69 Å². The summed E-state index contributed by atoms with van der Waals surface area (Å²) in [5.74, 6) is -0.00997. The molecule has 2 atom stereocenters. The van der Waals surface area contributed by atoms with Gasteiger partial charge in [-0.05, 0) is 17.4 Å². The van der Waals surface area contributed by atoms with E-state index in [2.05, 4.69) is 15.5 Å². The van der Waals surface area contributed by atoms with Crippen molar-refractivity contribution < 1.29 is 9.90 Å². The quantitative estimate of drug-likeness (QED) is 0.723. The van der Waals surface area contributed by atoms with E-state index >= 15 is 0 Å². The van der Waals surface area contributed by atoms with Gasteiger partial charge in [-0.2, -0.15) is 0 Å². The molecule has 7 heteroatoms. The minimum atomic E-state index is -0.810. The molecule has 1 aliphatic heterocycles. The third-order valence-corrected chi connectivity index (χ3v) is 3.03. The Kier molecular flexibility index (Phi) is 3.19. The number of hydrogen-bond acceptors (Lipinski definition) is 5. The summed E-state index contributed by atoms with van der Waals surface area (Å²) in [7, 11) is 1.78. The second-order valence-electron chi connectivity index (χ2n) is 4.16. The molecule has 2 rings (SSSR count). The molecule has 2 heterocycles. The van der Waals surface area contributed by atoms with Gasteiger partial charge in [0.05, 0.1) is 5.92 Å². The SMILES string of the molecule is CC(C(=O)O)N1CC=CC(c2nnnn2C)C1. The Balaban J connectivity index is 2.13. The molecule has 0 spiro atoms. The van der Waals surface area contributed by atoms with E-state index < -0.39 is 12.0 Å². The molecule has 0 aromatic carbocycles. The summed E-state index contributed by atoms with van der Waals surface area (Å²) in [5, 5.41) is 20.3. The first-order valence-electron chi connectivity index (χ1n) is 5.45. The van der Waals surface area contributed by atoms with Gasteiger partial charge in [0, 0.05) is 20.1 Å². The van der Waals surface area contributed by atoms with E-state index in [4.69, 9.17) is 5.11 Å². The molecular formula is C10H15N5O2. The van der Waals surface area contributed by atoms with Crippen LogP contribution >= 0.6 is 0 Å². The van der Waals surface area contributed by atoms with Crippen molar-refractivity contribution >= 4 is 5.97 Å². The van der Waals surface area contributed by atoms with E-state index in [1.807, 2.05) is 17.1 Å². The van der Waals surface area contributed by atoms with Crippen LogP contribution in [0.5, 0.6) is 0 Å². The van der Waals surface area contributed by atoms with Crippen molar-refractivity contribution in [3.8, 4) is 0 Å². The molecule has 0 fully saturated rings. The Morgan fingerprint density at radius 2 is 2.41 bits per heavy atom. The van der Waals surface area contributed by atoms with Crippen molar-refractivity contribution in [1.82, 2.24) is 25.1 Å². The highest BCUT2D eigenvalue weighted by Gasteiger charge is 2.27. The van der Waals surface area contributed by atoms with Crippen LogP contribution in [0.3, 0.4) is 0 Å². The standard InChI is InChI=1S/C10H15N5O2/c1-7(10(16)17)15-5-3-4-8(6-15)9-11-12-13-14(9)2/h3-4,7-8H,5-6H2,1-2H3,(H,16,17). The monoisotopic (exact) mass is 237 g/mol. The highest BCUT2D eigenvalue weighted by molar-refractivity contribution is 5.72. The smallest absolute Gasteiger partial charge is 0.320 e. The number of rotatable bonds is 3. The lowest BCUT2D eigenvalue weighted by molar-refractivity contribution is -0.142. The summed E-state index contributed by atoms with van der Waals surface area (Å²) in [6, 6.07) is -0.497. The Morgan fingerprint density at radius 1 is 1.65 bits per heavy atom. The topological polar surface area (TPSA) is 84.1 Å². The molecule has 0 aliphatic carbocycles. The fourth-order valence-corrected chi connectivity index (χ4v) is 1.94. The number of carboxylic acid groups (broad SMARTS) is 1. The first kappa shape index (κ1) is 11.7. The maximum Gasteiger partial charge on any atom is 0.320 e. The van der Waals surface area contributed by atoms with Crippen molar-refractivity contribution in [2.75, 3.05) is 13.1 Å². The Labute approximate surface area is 98.7 Å². The lowest BCUT2D eigenvalue weighted by atomic mass is 10.0. The van der Waals surface area contributed by atoms with Crippen LogP contribution in [0.2, 0.25) is 0 Å². The second-order valence-corrected chi connectivity index (χ2v) is 4.16. The fraction of sp³-hybridized carbons (Fsp3) is 0.600. The molecular weight excluding hydrogens is 222 g/mol. The third-order valence-electron chi connectivity index (χ3n) is 3.03. The van der Waals surface area contributed by atoms with Crippen molar-refractivity contribution in [2.24, 2.45) is 7.05 Å². The van der Waals surface area contributed by atoms with Crippen molar-refractivity contribution in [3.63, 3.8) is 0 Å². The van der Waals surface area contributed by atoms with Crippen LogP contribution in [0.1, 0.15) is 18.7 Å². The first-order chi connectivity index (χ1) is 8.09. The molecule has 1 N–H and O–H groups in total. The number of aryl methyl sites for hydroxylation is 1. The van der Waals surface area contributed by atoms with Crippen LogP contribution in [0, 0.1) is 0 Å². The zero-order valence-electron chi connectivity index (χ0n) is 9.82. The zero-order valence-corrected chi connectivity index (χ0v) is 9.82. The summed E-state index contributed by atoms with van der Waals surface area (Å²) in [4.78, 5) is 12.8. The van der Waals surface area contributed by atoms with Crippen LogP contribution in [0.4, 0.5) is 0 Å². The predicted molar refractivity (Wildman–Crippen MR) is 59.3 cm³/mol. The zero-order chi connectivity index (χ0) is 12.4. The maximum absolute atomic E-state index is 10.9. The molecule has 0 radical (unpaired) electrons. The number of aliphatic carboxylic acids is 1. The van der Waals surface area contributed by atoms with Gasteiger partial charge >= 0.3 is 5.97 Å². The number of nitrogens with zero attached hydrogens (tertiary/aromatic N) is 5. The third kappa shape index (κ3) is 2.33. The Morgan fingerprint density at radius 3 is 3.00 bits per heavy atom. The molecule has 1 aromatic rings. The van der Waals surface area contributed by atoms with Gasteiger partial charge in [-0.15, -0.1) is 5.10 Å². The van der Waals surface area contributed by atoms with Crippen molar-refractivity contribution in [3.05, 3.63) is 18.0 Å². The number of carbonyl (C=O) groups is 1. The molecule has 0 saturated heterocycles. The van der Waals surface area contributed by atoms with Gasteiger partial charge in [0.25, 0.3) is 0 Å². The largest absolute Gasteiger partial charge is 0.480 e. The van der Waals surface area contributed by atoms with Gasteiger partial charge in [0.15, 0.2) is 5.82 Å². The van der Waals surface area contributed by atoms with Crippen LogP contribution in [0.15, 0.2) is 12.2 Å². The average Bonchev–Trinajstić information content (AvgIpc) is 2.74. The summed E-state index contributed by atoms with van der Waals surface area (Å²) in [6.07, 6.45) is 3.99. The summed E-state index contributed by atoms with van der Waals surface area (Å²) < 4.78 is 1.62. The number of carboxylic acids is 1. The number of tetrazole rings is 1. The Bertz CT molecular complexity index is 442. The van der Waals surface area contributed by atoms with E-state index in [-0.39, 0.29) is 5.92 Å². The second kappa shape index (κ2) is 4.62. The van der Waals surface area contributed by atoms with Crippen molar-refractivity contribution in [1.29, 1.82) is 0 Å². The molecule has 0 bridgehead atoms. The van der Waals surface area contributed by atoms with Gasteiger partial charge in [0.1, 0.15) is 6.04 Å². The molecule has 92 valence electrons. The molecule has 2 unspecified atom stereocenters. The van der Waals surface area contributed by atoms with Crippen molar-refractivity contribution in [2.45, 2.75) is 18.9 Å². The number of hydrogen-bond donors (Lipinski definition) is 1. The first-order valence-corrected chi connectivity index (χ1v) is 5.45. The van der Waals surface area contributed by atoms with E-state index in [1.165, 1.54) is 0 Å². The molecule has 17 heavy (non-hydrogen) atoms. The van der Waals surface area contributed by atoms with Crippen LogP contribution in [-0.4, -0.2) is 55.3 Å². The van der Waals surface area contributed by atoms with Gasteiger partial charge in [-0.1, -0.05) is 12.2 Å². The highest BCUT2D eigenvalue weighted by atomic mass is 16.4. The highest BCUT2D eigenvalue weighted by Crippen LogP contribution is 2.20. The van der Waals surface area contributed by atoms with E-state index in [0.717, 1.165) is 5.82 Å². The van der Waals surface area contributed by atoms with Gasteiger partial charge < -0.3 is 5.11 Å². The Hall–Kier alpha value is -1.76. The predicted octanol–water partition coefficient (Wildman–Crippen LogP) is -0.361. The molecule has 1 aromatic heterocycles. The van der Waals surface area contributed by atoms with E-state index in [9.17, 15) is 4.79 Å². The fourth-order valence-electron chi connectivity index (χ4n) is 1.94. The normalized spacial score (nSPS) is 22.6. The lowest BCUT2D eigenvalue weighted by Gasteiger charge is -2.30. The van der Waals surface area contributed by atoms with E-state index in [0.29, 0.717) is 13.1 Å². The average molecular weight is 237 g/mol.